The summed E-state index contributed by atoms with van der Waals surface area (Å²) in [6, 6.07) is 12.6. The molecule has 0 spiro atoms. The Labute approximate surface area is 175 Å². The molecular weight excluding hydrogens is 400 g/mol. The number of aliphatic hydroxyl groups is 1. The molecule has 0 fully saturated rings. The molecule has 10 heteroatoms. The number of Topliss-reactive ketones (excluding diaryl/α,β-unsaturated/α-hetero) is 1. The van der Waals surface area contributed by atoms with Gasteiger partial charge in [0.2, 0.25) is 11.7 Å². The van der Waals surface area contributed by atoms with E-state index in [1.165, 1.54) is 17.6 Å². The van der Waals surface area contributed by atoms with Crippen molar-refractivity contribution in [1.29, 1.82) is 0 Å². The van der Waals surface area contributed by atoms with Crippen LogP contribution in [-0.2, 0) is 13.2 Å². The van der Waals surface area contributed by atoms with Crippen molar-refractivity contribution in [3.05, 3.63) is 65.7 Å². The molecule has 0 saturated carbocycles. The molecule has 0 saturated heterocycles. The average molecular weight is 416 g/mol. The highest BCUT2D eigenvalue weighted by Crippen LogP contribution is 2.29. The quantitative estimate of drug-likeness (QED) is 0.415. The van der Waals surface area contributed by atoms with Gasteiger partial charge in [-0.3, -0.25) is 9.78 Å². The largest absolute Gasteiger partial charge is 0.470 e. The predicted octanol–water partition coefficient (Wildman–Crippen LogP) is 2.60. The smallest absolute Gasteiger partial charge is 0.240 e. The Morgan fingerprint density at radius 2 is 2.00 bits per heavy atom. The molecule has 0 aliphatic rings. The minimum Gasteiger partial charge on any atom is -0.470 e. The molecule has 0 bridgehead atoms. The minimum atomic E-state index is -0.274. The van der Waals surface area contributed by atoms with Gasteiger partial charge in [0.05, 0.1) is 5.69 Å². The fourth-order valence-electron chi connectivity index (χ4n) is 3.17. The van der Waals surface area contributed by atoms with Crippen LogP contribution in [0.15, 0.2) is 53.2 Å². The van der Waals surface area contributed by atoms with E-state index < -0.39 is 0 Å². The second kappa shape index (κ2) is 7.58. The van der Waals surface area contributed by atoms with Crippen LogP contribution in [0.1, 0.15) is 28.7 Å². The summed E-state index contributed by atoms with van der Waals surface area (Å²) in [5, 5.41) is 27.8. The Morgan fingerprint density at radius 3 is 2.71 bits per heavy atom. The zero-order valence-corrected chi connectivity index (χ0v) is 16.4. The number of ketones is 1. The van der Waals surface area contributed by atoms with E-state index in [0.717, 1.165) is 10.8 Å². The first-order valence-electron chi connectivity index (χ1n) is 9.43. The maximum atomic E-state index is 11.4. The fraction of sp³-hybridized carbons (Fsp3) is 0.143. The molecule has 154 valence electrons. The molecule has 5 rings (SSSR count). The number of hydrogen-bond acceptors (Lipinski definition) is 9. The second-order valence-electron chi connectivity index (χ2n) is 6.83. The van der Waals surface area contributed by atoms with Gasteiger partial charge < -0.3 is 14.4 Å². The normalized spacial score (nSPS) is 11.3. The fourth-order valence-corrected chi connectivity index (χ4v) is 3.17. The summed E-state index contributed by atoms with van der Waals surface area (Å²) in [6.07, 6.45) is 1.52. The lowest BCUT2D eigenvalue weighted by atomic mass is 10.2. The van der Waals surface area contributed by atoms with Crippen molar-refractivity contribution in [3.63, 3.8) is 0 Å². The van der Waals surface area contributed by atoms with Crippen molar-refractivity contribution >= 4 is 22.2 Å². The number of pyridine rings is 1. The van der Waals surface area contributed by atoms with E-state index in [1.54, 1.807) is 18.2 Å². The third kappa shape index (κ3) is 3.38. The van der Waals surface area contributed by atoms with Gasteiger partial charge in [0.25, 0.3) is 0 Å². The topological polar surface area (TPSA) is 129 Å². The van der Waals surface area contributed by atoms with Gasteiger partial charge in [-0.15, -0.1) is 15.3 Å². The third-order valence-corrected chi connectivity index (χ3v) is 4.76. The first kappa shape index (κ1) is 18.8. The predicted molar refractivity (Wildman–Crippen MR) is 108 cm³/mol. The van der Waals surface area contributed by atoms with Gasteiger partial charge in [0.15, 0.2) is 22.9 Å². The highest BCUT2D eigenvalue weighted by molar-refractivity contribution is 5.97. The van der Waals surface area contributed by atoms with Crippen molar-refractivity contribution in [3.8, 4) is 17.4 Å². The molecule has 4 heterocycles. The maximum Gasteiger partial charge on any atom is 0.240 e. The number of ether oxygens (including phenoxy) is 1. The van der Waals surface area contributed by atoms with Gasteiger partial charge in [-0.05, 0) is 25.1 Å². The molecule has 0 aliphatic carbocycles. The molecule has 5 aromatic rings. The highest BCUT2D eigenvalue weighted by Gasteiger charge is 2.19. The van der Waals surface area contributed by atoms with E-state index in [4.69, 9.17) is 9.26 Å². The van der Waals surface area contributed by atoms with Crippen LogP contribution in [-0.4, -0.2) is 40.8 Å². The molecule has 10 nitrogen and oxygen atoms in total. The Balaban J connectivity index is 1.56. The number of carbonyl (C=O) groups is 1. The monoisotopic (exact) mass is 416 g/mol. The van der Waals surface area contributed by atoms with Crippen molar-refractivity contribution in [2.75, 3.05) is 0 Å². The summed E-state index contributed by atoms with van der Waals surface area (Å²) in [5.74, 6) is 0.991. The maximum absolute atomic E-state index is 11.4. The highest BCUT2D eigenvalue weighted by atomic mass is 16.5. The summed E-state index contributed by atoms with van der Waals surface area (Å²) in [4.78, 5) is 15.7. The standard InChI is InChI=1S/C21H16N6O4/c1-12(29)13-6-7-14(22-9-13)11-30-21-17-5-3-2-4-16(17)19-23-24-20(27(19)25-21)18-8-15(10-28)31-26-18/h2-9,28H,10-11H2,1H3. The lowest BCUT2D eigenvalue weighted by Gasteiger charge is -2.09. The van der Waals surface area contributed by atoms with E-state index in [9.17, 15) is 9.90 Å². The Kier molecular flexibility index (Phi) is 4.60. The first-order chi connectivity index (χ1) is 15.1. The van der Waals surface area contributed by atoms with Gasteiger partial charge in [-0.2, -0.15) is 4.52 Å². The van der Waals surface area contributed by atoms with Crippen LogP contribution in [0.2, 0.25) is 0 Å². The molecule has 0 radical (unpaired) electrons. The van der Waals surface area contributed by atoms with Crippen LogP contribution in [0.3, 0.4) is 0 Å². The third-order valence-electron chi connectivity index (χ3n) is 4.76. The van der Waals surface area contributed by atoms with E-state index in [-0.39, 0.29) is 19.0 Å². The van der Waals surface area contributed by atoms with Crippen molar-refractivity contribution < 1.29 is 19.2 Å². The number of rotatable bonds is 6. The van der Waals surface area contributed by atoms with E-state index in [0.29, 0.717) is 40.1 Å². The van der Waals surface area contributed by atoms with Gasteiger partial charge in [-0.25, -0.2) is 0 Å². The molecular formula is C21H16N6O4. The lowest BCUT2D eigenvalue weighted by Crippen LogP contribution is -2.05. The summed E-state index contributed by atoms with van der Waals surface area (Å²) in [7, 11) is 0. The number of hydrogen-bond donors (Lipinski definition) is 1. The Morgan fingerprint density at radius 1 is 1.16 bits per heavy atom. The van der Waals surface area contributed by atoms with Crippen LogP contribution in [0, 0.1) is 0 Å². The SMILES string of the molecule is CC(=O)c1ccc(COc2nn3c(-c4cc(CO)on4)nnc3c3ccccc23)nc1. The van der Waals surface area contributed by atoms with Gasteiger partial charge in [0.1, 0.15) is 13.2 Å². The molecule has 1 aromatic carbocycles. The molecule has 0 unspecified atom stereocenters. The van der Waals surface area contributed by atoms with Crippen LogP contribution in [0.25, 0.3) is 27.9 Å². The first-order valence-corrected chi connectivity index (χ1v) is 9.43. The van der Waals surface area contributed by atoms with Crippen LogP contribution < -0.4 is 4.74 Å². The number of benzene rings is 1. The molecule has 0 aliphatic heterocycles. The zero-order valence-electron chi connectivity index (χ0n) is 16.4. The minimum absolute atomic E-state index is 0.0459. The Bertz CT molecular complexity index is 1410. The number of nitrogens with zero attached hydrogens (tertiary/aromatic N) is 6. The zero-order chi connectivity index (χ0) is 21.4. The lowest BCUT2D eigenvalue weighted by molar-refractivity contribution is 0.101. The summed E-state index contributed by atoms with van der Waals surface area (Å²) >= 11 is 0. The van der Waals surface area contributed by atoms with Gasteiger partial charge in [0, 0.05) is 28.6 Å². The van der Waals surface area contributed by atoms with Crippen molar-refractivity contribution in [1.82, 2.24) is 30.0 Å². The number of aromatic nitrogens is 6. The summed E-state index contributed by atoms with van der Waals surface area (Å²) < 4.78 is 12.6. The average Bonchev–Trinajstić information content (AvgIpc) is 3.44. The summed E-state index contributed by atoms with van der Waals surface area (Å²) in [6.45, 7) is 1.38. The van der Waals surface area contributed by atoms with E-state index in [2.05, 4.69) is 25.4 Å². The van der Waals surface area contributed by atoms with E-state index >= 15 is 0 Å². The van der Waals surface area contributed by atoms with Crippen LogP contribution in [0.5, 0.6) is 5.88 Å². The molecule has 0 amide bonds. The number of fused-ring (bicyclic) bond motifs is 3. The summed E-state index contributed by atoms with van der Waals surface area (Å²) in [5.41, 5.74) is 2.13. The molecule has 4 aromatic heterocycles. The van der Waals surface area contributed by atoms with Gasteiger partial charge in [-0.1, -0.05) is 23.4 Å². The van der Waals surface area contributed by atoms with Crippen molar-refractivity contribution in [2.24, 2.45) is 0 Å². The number of carbonyl (C=O) groups excluding carboxylic acids is 1. The molecule has 1 N–H and O–H groups in total. The molecule has 0 atom stereocenters. The second-order valence-corrected chi connectivity index (χ2v) is 6.83. The molecule has 31 heavy (non-hydrogen) atoms. The van der Waals surface area contributed by atoms with Crippen molar-refractivity contribution in [2.45, 2.75) is 20.1 Å². The van der Waals surface area contributed by atoms with E-state index in [1.807, 2.05) is 24.3 Å². The Hall–Kier alpha value is -4.18. The number of aliphatic hydroxyl groups excluding tert-OH is 1. The van der Waals surface area contributed by atoms with Gasteiger partial charge >= 0.3 is 0 Å². The van der Waals surface area contributed by atoms with Crippen LogP contribution in [0.4, 0.5) is 0 Å². The van der Waals surface area contributed by atoms with Crippen LogP contribution >= 0.6 is 0 Å².